The monoisotopic (exact) mass is 256 g/mol. The van der Waals surface area contributed by atoms with Crippen molar-refractivity contribution in [2.24, 2.45) is 0 Å². The Morgan fingerprint density at radius 1 is 1.41 bits per heavy atom. The van der Waals surface area contributed by atoms with E-state index in [2.05, 4.69) is 4.18 Å². The molecule has 0 unspecified atom stereocenters. The van der Waals surface area contributed by atoms with Crippen molar-refractivity contribution < 1.29 is 17.3 Å². The first-order chi connectivity index (χ1) is 8.04. The quantitative estimate of drug-likeness (QED) is 0.778. The maximum Gasteiger partial charge on any atom is 0.297 e. The lowest BCUT2D eigenvalue weighted by Crippen LogP contribution is -2.09. The second kappa shape index (κ2) is 4.76. The van der Waals surface area contributed by atoms with Gasteiger partial charge in [-0.05, 0) is 25.8 Å². The van der Waals surface area contributed by atoms with E-state index in [1.807, 2.05) is 13.0 Å². The molecule has 94 valence electrons. The van der Waals surface area contributed by atoms with Crippen molar-refractivity contribution in [1.29, 1.82) is 0 Å². The summed E-state index contributed by atoms with van der Waals surface area (Å²) in [5.74, 6) is 0. The number of ether oxygens (including phenoxy) is 1. The summed E-state index contributed by atoms with van der Waals surface area (Å²) in [6.45, 7) is 2.62. The zero-order valence-corrected chi connectivity index (χ0v) is 10.8. The van der Waals surface area contributed by atoms with Crippen LogP contribution in [0, 0.1) is 6.92 Å². The van der Waals surface area contributed by atoms with Crippen LogP contribution in [0.25, 0.3) is 0 Å². The maximum absolute atomic E-state index is 11.8. The molecule has 0 spiro atoms. The van der Waals surface area contributed by atoms with Gasteiger partial charge in [0.25, 0.3) is 10.1 Å². The molecular weight excluding hydrogens is 240 g/mol. The molecular formula is C12H16O4S. The van der Waals surface area contributed by atoms with E-state index in [-0.39, 0.29) is 11.0 Å². The Kier molecular flexibility index (Phi) is 3.51. The van der Waals surface area contributed by atoms with Crippen molar-refractivity contribution in [2.45, 2.75) is 30.8 Å². The van der Waals surface area contributed by atoms with Crippen LogP contribution < -0.4 is 0 Å². The van der Waals surface area contributed by atoms with Crippen LogP contribution in [0.15, 0.2) is 23.1 Å². The number of aryl methyl sites for hydroxylation is 1. The molecule has 1 fully saturated rings. The summed E-state index contributed by atoms with van der Waals surface area (Å²) >= 11 is 0. The Morgan fingerprint density at radius 2 is 2.18 bits per heavy atom. The van der Waals surface area contributed by atoms with E-state index >= 15 is 0 Å². The van der Waals surface area contributed by atoms with Gasteiger partial charge in [0.05, 0.1) is 18.1 Å². The highest BCUT2D eigenvalue weighted by atomic mass is 32.2. The first-order valence-corrected chi connectivity index (χ1v) is 6.98. The van der Waals surface area contributed by atoms with Crippen molar-refractivity contribution >= 4 is 10.1 Å². The average Bonchev–Trinajstić information content (AvgIpc) is 2.82. The highest BCUT2D eigenvalue weighted by Crippen LogP contribution is 2.33. The fourth-order valence-electron chi connectivity index (χ4n) is 2.06. The van der Waals surface area contributed by atoms with Gasteiger partial charge < -0.3 is 4.74 Å². The second-order valence-corrected chi connectivity index (χ2v) is 5.85. The smallest absolute Gasteiger partial charge is 0.297 e. The van der Waals surface area contributed by atoms with Gasteiger partial charge in [0.2, 0.25) is 0 Å². The Morgan fingerprint density at radius 3 is 2.76 bits per heavy atom. The lowest BCUT2D eigenvalue weighted by atomic mass is 10.0. The SMILES string of the molecule is COS(=O)(=O)c1ccc(C)cc1[C@@H]1CCCO1. The number of benzene rings is 1. The molecule has 0 aromatic heterocycles. The highest BCUT2D eigenvalue weighted by Gasteiger charge is 2.26. The minimum atomic E-state index is -3.66. The Balaban J connectivity index is 2.51. The van der Waals surface area contributed by atoms with E-state index in [1.165, 1.54) is 7.11 Å². The number of hydrogen-bond donors (Lipinski definition) is 0. The fourth-order valence-corrected chi connectivity index (χ4v) is 2.95. The van der Waals surface area contributed by atoms with Gasteiger partial charge in [-0.2, -0.15) is 8.42 Å². The summed E-state index contributed by atoms with van der Waals surface area (Å²) < 4.78 is 33.8. The lowest BCUT2D eigenvalue weighted by Gasteiger charge is -2.15. The number of rotatable bonds is 3. The van der Waals surface area contributed by atoms with Crippen LogP contribution >= 0.6 is 0 Å². The molecule has 4 nitrogen and oxygen atoms in total. The molecule has 1 saturated heterocycles. The van der Waals surface area contributed by atoms with Gasteiger partial charge in [-0.1, -0.05) is 17.7 Å². The summed E-state index contributed by atoms with van der Waals surface area (Å²) in [4.78, 5) is 0.220. The summed E-state index contributed by atoms with van der Waals surface area (Å²) in [6, 6.07) is 5.22. The lowest BCUT2D eigenvalue weighted by molar-refractivity contribution is 0.109. The Hall–Kier alpha value is -0.910. The summed E-state index contributed by atoms with van der Waals surface area (Å²) in [5, 5.41) is 0. The highest BCUT2D eigenvalue weighted by molar-refractivity contribution is 7.86. The Labute approximate surface area is 102 Å². The molecule has 1 aromatic rings. The first-order valence-electron chi connectivity index (χ1n) is 5.57. The van der Waals surface area contributed by atoms with E-state index in [1.54, 1.807) is 12.1 Å². The molecule has 0 N–H and O–H groups in total. The van der Waals surface area contributed by atoms with Crippen LogP contribution in [0.4, 0.5) is 0 Å². The van der Waals surface area contributed by atoms with Crippen LogP contribution in [0.2, 0.25) is 0 Å². The third kappa shape index (κ3) is 2.51. The minimum Gasteiger partial charge on any atom is -0.373 e. The molecule has 1 aliphatic heterocycles. The first kappa shape index (κ1) is 12.5. The number of hydrogen-bond acceptors (Lipinski definition) is 4. The van der Waals surface area contributed by atoms with E-state index in [0.29, 0.717) is 12.2 Å². The average molecular weight is 256 g/mol. The molecule has 0 saturated carbocycles. The molecule has 2 rings (SSSR count). The molecule has 1 atom stereocenters. The molecule has 17 heavy (non-hydrogen) atoms. The van der Waals surface area contributed by atoms with Gasteiger partial charge in [0.1, 0.15) is 0 Å². The summed E-state index contributed by atoms with van der Waals surface area (Å²) in [6.07, 6.45) is 1.69. The fraction of sp³-hybridized carbons (Fsp3) is 0.500. The van der Waals surface area contributed by atoms with Crippen molar-refractivity contribution in [3.8, 4) is 0 Å². The van der Waals surface area contributed by atoms with Gasteiger partial charge >= 0.3 is 0 Å². The summed E-state index contributed by atoms with van der Waals surface area (Å²) in [7, 11) is -2.49. The molecule has 1 aliphatic rings. The van der Waals surface area contributed by atoms with Crippen molar-refractivity contribution in [1.82, 2.24) is 0 Å². The predicted octanol–water partition coefficient (Wildman–Crippen LogP) is 2.18. The van der Waals surface area contributed by atoms with Gasteiger partial charge in [-0.15, -0.1) is 0 Å². The van der Waals surface area contributed by atoms with Crippen molar-refractivity contribution in [2.75, 3.05) is 13.7 Å². The molecule has 0 bridgehead atoms. The van der Waals surface area contributed by atoms with Crippen molar-refractivity contribution in [3.05, 3.63) is 29.3 Å². The minimum absolute atomic E-state index is 0.130. The van der Waals surface area contributed by atoms with E-state index in [0.717, 1.165) is 18.4 Å². The van der Waals surface area contributed by atoms with Crippen molar-refractivity contribution in [3.63, 3.8) is 0 Å². The van der Waals surface area contributed by atoms with E-state index in [4.69, 9.17) is 4.74 Å². The van der Waals surface area contributed by atoms with E-state index in [9.17, 15) is 8.42 Å². The largest absolute Gasteiger partial charge is 0.373 e. The van der Waals surface area contributed by atoms with Gasteiger partial charge in [-0.3, -0.25) is 4.18 Å². The second-order valence-electron chi connectivity index (χ2n) is 4.16. The molecule has 0 radical (unpaired) electrons. The van der Waals surface area contributed by atoms with Crippen LogP contribution in [0.3, 0.4) is 0 Å². The van der Waals surface area contributed by atoms with Crippen LogP contribution in [-0.4, -0.2) is 22.1 Å². The van der Waals surface area contributed by atoms with Crippen LogP contribution in [-0.2, 0) is 19.0 Å². The van der Waals surface area contributed by atoms with E-state index < -0.39 is 10.1 Å². The molecule has 1 heterocycles. The zero-order chi connectivity index (χ0) is 12.5. The van der Waals surface area contributed by atoms with Gasteiger partial charge in [-0.25, -0.2) is 0 Å². The third-order valence-electron chi connectivity index (χ3n) is 2.93. The van der Waals surface area contributed by atoms with Gasteiger partial charge in [0, 0.05) is 12.2 Å². The van der Waals surface area contributed by atoms with Crippen LogP contribution in [0.5, 0.6) is 0 Å². The topological polar surface area (TPSA) is 52.6 Å². The predicted molar refractivity (Wildman–Crippen MR) is 63.3 cm³/mol. The standard InChI is InChI=1S/C12H16O4S/c1-9-5-6-12(17(13,14)15-2)10(8-9)11-4-3-7-16-11/h5-6,8,11H,3-4,7H2,1-2H3/t11-/m0/s1. The molecule has 0 amide bonds. The van der Waals surface area contributed by atoms with Gasteiger partial charge in [0.15, 0.2) is 0 Å². The third-order valence-corrected chi connectivity index (χ3v) is 4.28. The molecule has 1 aromatic carbocycles. The maximum atomic E-state index is 11.8. The summed E-state index contributed by atoms with van der Waals surface area (Å²) in [5.41, 5.74) is 1.73. The normalized spacial score (nSPS) is 20.7. The molecule has 5 heteroatoms. The molecule has 0 aliphatic carbocycles. The zero-order valence-electron chi connectivity index (χ0n) is 9.97. The Bertz CT molecular complexity index is 501. The van der Waals surface area contributed by atoms with Crippen LogP contribution in [0.1, 0.15) is 30.1 Å².